The fraction of sp³-hybridized carbons (Fsp3) is 0.278. The molecule has 2 aromatic rings. The van der Waals surface area contributed by atoms with Gasteiger partial charge in [-0.3, -0.25) is 4.79 Å². The Bertz CT molecular complexity index is 628. The van der Waals surface area contributed by atoms with Crippen LogP contribution in [0, 0.1) is 6.92 Å². The first-order valence-electron chi connectivity index (χ1n) is 7.38. The summed E-state index contributed by atoms with van der Waals surface area (Å²) in [5, 5.41) is 2.99. The second-order valence-corrected chi connectivity index (χ2v) is 6.24. The van der Waals surface area contributed by atoms with Crippen LogP contribution >= 0.6 is 15.9 Å². The molecule has 1 amide bonds. The number of carbonyl (C=O) groups is 1. The standard InChI is InChI=1S/C18H21BrN2O/c1-14-13-15(19)9-10-17(14)18(22)20-11-6-12-21(2)16-7-4-3-5-8-16/h3-5,7-10,13H,6,11-12H2,1-2H3,(H,20,22). The van der Waals surface area contributed by atoms with Crippen molar-refractivity contribution < 1.29 is 4.79 Å². The van der Waals surface area contributed by atoms with Crippen molar-refractivity contribution in [2.45, 2.75) is 13.3 Å². The zero-order chi connectivity index (χ0) is 15.9. The van der Waals surface area contributed by atoms with E-state index in [1.54, 1.807) is 0 Å². The molecular formula is C18H21BrN2O. The number of para-hydroxylation sites is 1. The lowest BCUT2D eigenvalue weighted by Gasteiger charge is -2.19. The molecule has 0 bridgehead atoms. The summed E-state index contributed by atoms with van der Waals surface area (Å²) in [6.07, 6.45) is 0.909. The highest BCUT2D eigenvalue weighted by atomic mass is 79.9. The van der Waals surface area contributed by atoms with Crippen LogP contribution in [0.2, 0.25) is 0 Å². The van der Waals surface area contributed by atoms with Crippen LogP contribution in [0.25, 0.3) is 0 Å². The second-order valence-electron chi connectivity index (χ2n) is 5.33. The fourth-order valence-electron chi connectivity index (χ4n) is 2.31. The quantitative estimate of drug-likeness (QED) is 0.789. The van der Waals surface area contributed by atoms with E-state index in [0.717, 1.165) is 28.6 Å². The summed E-state index contributed by atoms with van der Waals surface area (Å²) < 4.78 is 0.992. The smallest absolute Gasteiger partial charge is 0.251 e. The van der Waals surface area contributed by atoms with Crippen molar-refractivity contribution in [1.29, 1.82) is 0 Å². The van der Waals surface area contributed by atoms with Crippen LogP contribution in [-0.4, -0.2) is 26.0 Å². The SMILES string of the molecule is Cc1cc(Br)ccc1C(=O)NCCCN(C)c1ccccc1. The molecule has 0 aromatic heterocycles. The van der Waals surface area contributed by atoms with E-state index in [9.17, 15) is 4.79 Å². The van der Waals surface area contributed by atoms with Gasteiger partial charge >= 0.3 is 0 Å². The number of carbonyl (C=O) groups excluding carboxylic acids is 1. The van der Waals surface area contributed by atoms with Crippen LogP contribution in [0.1, 0.15) is 22.3 Å². The third-order valence-corrected chi connectivity index (χ3v) is 4.08. The normalized spacial score (nSPS) is 10.3. The molecule has 0 aliphatic rings. The minimum absolute atomic E-state index is 0.00707. The van der Waals surface area contributed by atoms with Crippen LogP contribution in [0.3, 0.4) is 0 Å². The zero-order valence-electron chi connectivity index (χ0n) is 13.0. The number of nitrogens with one attached hydrogen (secondary N) is 1. The van der Waals surface area contributed by atoms with E-state index in [1.807, 2.05) is 43.3 Å². The first-order chi connectivity index (χ1) is 10.6. The van der Waals surface area contributed by atoms with Gasteiger partial charge in [0.25, 0.3) is 5.91 Å². The van der Waals surface area contributed by atoms with Gasteiger partial charge in [0.1, 0.15) is 0 Å². The maximum absolute atomic E-state index is 12.2. The summed E-state index contributed by atoms with van der Waals surface area (Å²) in [6, 6.07) is 16.0. The number of aryl methyl sites for hydroxylation is 1. The van der Waals surface area contributed by atoms with Gasteiger partial charge in [-0.1, -0.05) is 34.1 Å². The number of halogens is 1. The summed E-state index contributed by atoms with van der Waals surface area (Å²) in [7, 11) is 2.07. The fourth-order valence-corrected chi connectivity index (χ4v) is 2.78. The van der Waals surface area contributed by atoms with Gasteiger partial charge in [-0.15, -0.1) is 0 Å². The molecule has 2 rings (SSSR count). The Labute approximate surface area is 140 Å². The molecule has 0 heterocycles. The van der Waals surface area contributed by atoms with Gasteiger partial charge in [0.15, 0.2) is 0 Å². The first-order valence-corrected chi connectivity index (χ1v) is 8.18. The summed E-state index contributed by atoms with van der Waals surface area (Å²) in [6.45, 7) is 3.53. The second kappa shape index (κ2) is 7.99. The minimum atomic E-state index is -0.00707. The number of nitrogens with zero attached hydrogens (tertiary/aromatic N) is 1. The average Bonchev–Trinajstić information content (AvgIpc) is 2.52. The summed E-state index contributed by atoms with van der Waals surface area (Å²) in [4.78, 5) is 14.3. The van der Waals surface area contributed by atoms with Gasteiger partial charge < -0.3 is 10.2 Å². The minimum Gasteiger partial charge on any atom is -0.375 e. The molecule has 0 spiro atoms. The molecular weight excluding hydrogens is 340 g/mol. The third kappa shape index (κ3) is 4.60. The van der Waals surface area contributed by atoms with Crippen molar-refractivity contribution in [3.05, 3.63) is 64.1 Å². The molecule has 3 nitrogen and oxygen atoms in total. The van der Waals surface area contributed by atoms with Crippen molar-refractivity contribution in [1.82, 2.24) is 5.32 Å². The van der Waals surface area contributed by atoms with Crippen molar-refractivity contribution in [2.24, 2.45) is 0 Å². The van der Waals surface area contributed by atoms with E-state index in [-0.39, 0.29) is 5.91 Å². The van der Waals surface area contributed by atoms with Crippen molar-refractivity contribution >= 4 is 27.5 Å². The molecule has 2 aromatic carbocycles. The number of anilines is 1. The number of amides is 1. The molecule has 4 heteroatoms. The molecule has 116 valence electrons. The van der Waals surface area contributed by atoms with E-state index in [2.05, 4.69) is 45.3 Å². The molecule has 0 unspecified atom stereocenters. The Morgan fingerprint density at radius 2 is 1.91 bits per heavy atom. The number of rotatable bonds is 6. The summed E-state index contributed by atoms with van der Waals surface area (Å²) >= 11 is 3.41. The van der Waals surface area contributed by atoms with Crippen LogP contribution < -0.4 is 10.2 Å². The topological polar surface area (TPSA) is 32.3 Å². The predicted molar refractivity (Wildman–Crippen MR) is 95.5 cm³/mol. The molecule has 0 atom stereocenters. The van der Waals surface area contributed by atoms with Crippen molar-refractivity contribution in [2.75, 3.05) is 25.0 Å². The largest absolute Gasteiger partial charge is 0.375 e. The van der Waals surface area contributed by atoms with Crippen LogP contribution in [-0.2, 0) is 0 Å². The summed E-state index contributed by atoms with van der Waals surface area (Å²) in [5.41, 5.74) is 2.91. The van der Waals surface area contributed by atoms with Gasteiger partial charge in [0, 0.05) is 35.9 Å². The number of benzene rings is 2. The van der Waals surface area contributed by atoms with Crippen molar-refractivity contribution in [3.8, 4) is 0 Å². The Morgan fingerprint density at radius 3 is 2.59 bits per heavy atom. The average molecular weight is 361 g/mol. The van der Waals surface area contributed by atoms with E-state index >= 15 is 0 Å². The van der Waals surface area contributed by atoms with Gasteiger partial charge in [-0.2, -0.15) is 0 Å². The molecule has 0 saturated carbocycles. The third-order valence-electron chi connectivity index (χ3n) is 3.59. The lowest BCUT2D eigenvalue weighted by molar-refractivity contribution is 0.0953. The van der Waals surface area contributed by atoms with Crippen molar-refractivity contribution in [3.63, 3.8) is 0 Å². The zero-order valence-corrected chi connectivity index (χ0v) is 14.6. The molecule has 0 aliphatic heterocycles. The lowest BCUT2D eigenvalue weighted by atomic mass is 10.1. The highest BCUT2D eigenvalue weighted by molar-refractivity contribution is 9.10. The monoisotopic (exact) mass is 360 g/mol. The maximum Gasteiger partial charge on any atom is 0.251 e. The van der Waals surface area contributed by atoms with Crippen LogP contribution in [0.5, 0.6) is 0 Å². The molecule has 0 fully saturated rings. The first kappa shape index (κ1) is 16.6. The maximum atomic E-state index is 12.2. The number of hydrogen-bond acceptors (Lipinski definition) is 2. The van der Waals surface area contributed by atoms with Gasteiger partial charge in [0.2, 0.25) is 0 Å². The van der Waals surface area contributed by atoms with E-state index in [0.29, 0.717) is 6.54 Å². The Hall–Kier alpha value is -1.81. The van der Waals surface area contributed by atoms with E-state index < -0.39 is 0 Å². The van der Waals surface area contributed by atoms with Gasteiger partial charge in [-0.25, -0.2) is 0 Å². The Balaban J connectivity index is 1.78. The van der Waals surface area contributed by atoms with Crippen LogP contribution in [0.4, 0.5) is 5.69 Å². The van der Waals surface area contributed by atoms with E-state index in [1.165, 1.54) is 5.69 Å². The summed E-state index contributed by atoms with van der Waals surface area (Å²) in [5.74, 6) is -0.00707. The molecule has 22 heavy (non-hydrogen) atoms. The molecule has 0 aliphatic carbocycles. The Kier molecular flexibility index (Phi) is 6.01. The number of hydrogen-bond donors (Lipinski definition) is 1. The lowest BCUT2D eigenvalue weighted by Crippen LogP contribution is -2.28. The van der Waals surface area contributed by atoms with E-state index in [4.69, 9.17) is 0 Å². The Morgan fingerprint density at radius 1 is 1.18 bits per heavy atom. The highest BCUT2D eigenvalue weighted by Crippen LogP contribution is 2.15. The van der Waals surface area contributed by atoms with Gasteiger partial charge in [0.05, 0.1) is 0 Å². The molecule has 0 radical (unpaired) electrons. The predicted octanol–water partition coefficient (Wildman–Crippen LogP) is 4.01. The molecule has 0 saturated heterocycles. The van der Waals surface area contributed by atoms with Gasteiger partial charge in [-0.05, 0) is 49.2 Å². The molecule has 1 N–H and O–H groups in total. The highest BCUT2D eigenvalue weighted by Gasteiger charge is 2.08. The van der Waals surface area contributed by atoms with Crippen LogP contribution in [0.15, 0.2) is 53.0 Å².